The molecule has 1 aliphatic heterocycles. The van der Waals surface area contributed by atoms with Crippen LogP contribution in [0.15, 0.2) is 54.9 Å². The maximum absolute atomic E-state index is 12.8. The summed E-state index contributed by atoms with van der Waals surface area (Å²) in [7, 11) is 0. The van der Waals surface area contributed by atoms with Crippen molar-refractivity contribution in [1.82, 2.24) is 15.2 Å². The summed E-state index contributed by atoms with van der Waals surface area (Å²) >= 11 is 1.92. The number of hydrogen-bond donors (Lipinski definition) is 1. The summed E-state index contributed by atoms with van der Waals surface area (Å²) in [5.74, 6) is 0.976. The van der Waals surface area contributed by atoms with Crippen molar-refractivity contribution >= 4 is 17.8 Å². The summed E-state index contributed by atoms with van der Waals surface area (Å²) in [4.78, 5) is 19.0. The molecule has 2 amide bonds. The highest BCUT2D eigenvalue weighted by atomic mass is 32.2. The van der Waals surface area contributed by atoms with Crippen molar-refractivity contribution in [2.75, 3.05) is 18.8 Å². The van der Waals surface area contributed by atoms with Crippen LogP contribution in [0.25, 0.3) is 0 Å². The van der Waals surface area contributed by atoms with Gasteiger partial charge in [0.1, 0.15) is 0 Å². The Labute approximate surface area is 147 Å². The number of thioether (sulfide) groups is 1. The van der Waals surface area contributed by atoms with Gasteiger partial charge in [-0.1, -0.05) is 36.4 Å². The minimum atomic E-state index is -0.190. The van der Waals surface area contributed by atoms with Crippen LogP contribution in [0.5, 0.6) is 0 Å². The van der Waals surface area contributed by atoms with E-state index in [0.717, 1.165) is 30.0 Å². The third-order valence-electron chi connectivity index (χ3n) is 4.13. The Kier molecular flexibility index (Phi) is 5.09. The summed E-state index contributed by atoms with van der Waals surface area (Å²) in [6.45, 7) is 5.92. The first kappa shape index (κ1) is 16.8. The highest BCUT2D eigenvalue weighted by Crippen LogP contribution is 2.30. The quantitative estimate of drug-likeness (QED) is 0.926. The molecule has 1 aliphatic rings. The second kappa shape index (κ2) is 7.26. The van der Waals surface area contributed by atoms with Crippen LogP contribution in [-0.2, 0) is 0 Å². The second-order valence-corrected chi connectivity index (χ2v) is 8.41. The summed E-state index contributed by atoms with van der Waals surface area (Å²) in [6.07, 6.45) is 3.56. The monoisotopic (exact) mass is 341 g/mol. The lowest BCUT2D eigenvalue weighted by molar-refractivity contribution is 0.192. The van der Waals surface area contributed by atoms with E-state index in [4.69, 9.17) is 0 Å². The number of nitrogens with one attached hydrogen (secondary N) is 1. The molecule has 4 nitrogen and oxygen atoms in total. The van der Waals surface area contributed by atoms with Crippen molar-refractivity contribution in [1.29, 1.82) is 0 Å². The third-order valence-corrected chi connectivity index (χ3v) is 5.43. The first-order valence-electron chi connectivity index (χ1n) is 8.19. The average molecular weight is 341 g/mol. The van der Waals surface area contributed by atoms with Crippen molar-refractivity contribution in [2.24, 2.45) is 0 Å². The molecule has 0 spiro atoms. The van der Waals surface area contributed by atoms with Crippen LogP contribution in [0.1, 0.15) is 31.0 Å². The van der Waals surface area contributed by atoms with Crippen molar-refractivity contribution in [3.05, 3.63) is 66.0 Å². The Morgan fingerprint density at radius 3 is 2.62 bits per heavy atom. The van der Waals surface area contributed by atoms with Crippen LogP contribution >= 0.6 is 11.8 Å². The highest BCUT2D eigenvalue weighted by molar-refractivity contribution is 8.00. The molecule has 2 heterocycles. The maximum atomic E-state index is 12.8. The van der Waals surface area contributed by atoms with Gasteiger partial charge in [-0.3, -0.25) is 4.98 Å². The van der Waals surface area contributed by atoms with Gasteiger partial charge in [-0.05, 0) is 31.0 Å². The van der Waals surface area contributed by atoms with E-state index in [1.54, 1.807) is 6.20 Å². The van der Waals surface area contributed by atoms with Crippen molar-refractivity contribution < 1.29 is 4.79 Å². The number of carbonyl (C=O) groups is 1. The molecule has 2 aromatic rings. The highest BCUT2D eigenvalue weighted by Gasteiger charge is 2.31. The molecule has 24 heavy (non-hydrogen) atoms. The predicted octanol–water partition coefficient (Wildman–Crippen LogP) is 3.71. The number of hydrogen-bond acceptors (Lipinski definition) is 3. The summed E-state index contributed by atoms with van der Waals surface area (Å²) in [5.41, 5.74) is 2.05. The number of carbonyl (C=O) groups excluding carboxylic acids is 1. The van der Waals surface area contributed by atoms with Crippen molar-refractivity contribution in [3.63, 3.8) is 0 Å². The molecule has 0 saturated carbocycles. The summed E-state index contributed by atoms with van der Waals surface area (Å²) in [6, 6.07) is 13.7. The fourth-order valence-electron chi connectivity index (χ4n) is 2.96. The lowest BCUT2D eigenvalue weighted by atomic mass is 10.0. The van der Waals surface area contributed by atoms with Gasteiger partial charge in [0.15, 0.2) is 0 Å². The second-order valence-electron chi connectivity index (χ2n) is 6.61. The number of urea groups is 1. The molecular formula is C19H23N3OS. The van der Waals surface area contributed by atoms with Gasteiger partial charge in [-0.25, -0.2) is 4.79 Å². The predicted molar refractivity (Wildman–Crippen MR) is 99.2 cm³/mol. The van der Waals surface area contributed by atoms with Gasteiger partial charge in [-0.2, -0.15) is 11.8 Å². The molecule has 126 valence electrons. The molecule has 5 heteroatoms. The van der Waals surface area contributed by atoms with E-state index >= 15 is 0 Å². The third kappa shape index (κ3) is 4.09. The minimum Gasteiger partial charge on any atom is -0.327 e. The lowest BCUT2D eigenvalue weighted by Crippen LogP contribution is -2.50. The summed E-state index contributed by atoms with van der Waals surface area (Å²) in [5, 5.41) is 3.19. The molecule has 0 bridgehead atoms. The Morgan fingerprint density at radius 2 is 1.96 bits per heavy atom. The van der Waals surface area contributed by atoms with E-state index in [1.807, 2.05) is 65.3 Å². The molecule has 0 unspecified atom stereocenters. The molecule has 1 atom stereocenters. The first-order valence-corrected chi connectivity index (χ1v) is 9.18. The van der Waals surface area contributed by atoms with Gasteiger partial charge in [-0.15, -0.1) is 0 Å². The SMILES string of the molecule is CC1(C)CN(C(=O)N[C@@H](c2ccccc2)c2cccnc2)CCS1. The van der Waals surface area contributed by atoms with Gasteiger partial charge < -0.3 is 10.2 Å². The zero-order valence-electron chi connectivity index (χ0n) is 14.1. The molecule has 1 aromatic carbocycles. The first-order chi connectivity index (χ1) is 11.6. The van der Waals surface area contributed by atoms with Gasteiger partial charge in [0.2, 0.25) is 0 Å². The molecule has 1 N–H and O–H groups in total. The fourth-order valence-corrected chi connectivity index (χ4v) is 4.07. The molecule has 3 rings (SSSR count). The van der Waals surface area contributed by atoms with E-state index in [2.05, 4.69) is 24.1 Å². The number of nitrogens with zero attached hydrogens (tertiary/aromatic N) is 2. The Balaban J connectivity index is 1.81. The van der Waals surface area contributed by atoms with Gasteiger partial charge in [0.25, 0.3) is 0 Å². The summed E-state index contributed by atoms with van der Waals surface area (Å²) < 4.78 is 0.103. The van der Waals surface area contributed by atoms with Crippen LogP contribution in [0.2, 0.25) is 0 Å². The average Bonchev–Trinajstić information content (AvgIpc) is 2.60. The largest absolute Gasteiger partial charge is 0.327 e. The van der Waals surface area contributed by atoms with Crippen LogP contribution in [0.4, 0.5) is 4.79 Å². The molecular weight excluding hydrogens is 318 g/mol. The van der Waals surface area contributed by atoms with E-state index in [1.165, 1.54) is 0 Å². The van der Waals surface area contributed by atoms with E-state index in [-0.39, 0.29) is 16.8 Å². The normalized spacial score (nSPS) is 18.0. The van der Waals surface area contributed by atoms with Crippen LogP contribution in [-0.4, -0.2) is 39.5 Å². The standard InChI is InChI=1S/C19H23N3OS/c1-19(2)14-22(11-12-24-19)18(23)21-17(15-7-4-3-5-8-15)16-9-6-10-20-13-16/h3-10,13,17H,11-12,14H2,1-2H3,(H,21,23)/t17-/m0/s1. The Morgan fingerprint density at radius 1 is 1.21 bits per heavy atom. The van der Waals surface area contributed by atoms with E-state index in [0.29, 0.717) is 0 Å². The van der Waals surface area contributed by atoms with Crippen LogP contribution in [0, 0.1) is 0 Å². The minimum absolute atomic E-state index is 0.0129. The van der Waals surface area contributed by atoms with Gasteiger partial charge in [0.05, 0.1) is 6.04 Å². The Bertz CT molecular complexity index is 636. The number of aromatic nitrogens is 1. The number of rotatable bonds is 3. The molecule has 1 fully saturated rings. The molecule has 1 saturated heterocycles. The number of benzene rings is 1. The zero-order valence-corrected chi connectivity index (χ0v) is 14.9. The van der Waals surface area contributed by atoms with Crippen molar-refractivity contribution in [2.45, 2.75) is 24.6 Å². The van der Waals surface area contributed by atoms with Crippen LogP contribution < -0.4 is 5.32 Å². The molecule has 0 aliphatic carbocycles. The van der Waals surface area contributed by atoms with E-state index in [9.17, 15) is 4.79 Å². The molecule has 0 radical (unpaired) electrons. The lowest BCUT2D eigenvalue weighted by Gasteiger charge is -2.38. The maximum Gasteiger partial charge on any atom is 0.318 e. The molecule has 1 aromatic heterocycles. The van der Waals surface area contributed by atoms with Gasteiger partial charge >= 0.3 is 6.03 Å². The number of pyridine rings is 1. The van der Waals surface area contributed by atoms with E-state index < -0.39 is 0 Å². The van der Waals surface area contributed by atoms with Gasteiger partial charge in [0, 0.05) is 36.0 Å². The number of amides is 2. The Hall–Kier alpha value is -2.01. The zero-order chi connectivity index (χ0) is 17.0. The van der Waals surface area contributed by atoms with Crippen LogP contribution in [0.3, 0.4) is 0 Å². The smallest absolute Gasteiger partial charge is 0.318 e. The topological polar surface area (TPSA) is 45.2 Å². The fraction of sp³-hybridized carbons (Fsp3) is 0.368. The van der Waals surface area contributed by atoms with Crippen molar-refractivity contribution in [3.8, 4) is 0 Å².